The summed E-state index contributed by atoms with van der Waals surface area (Å²) in [7, 11) is 0. The van der Waals surface area contributed by atoms with Crippen LogP contribution >= 0.6 is 0 Å². The number of alkyl carbamates (subject to hydrolysis) is 1. The monoisotopic (exact) mass is 456 g/mol. The molecule has 1 unspecified atom stereocenters. The molecule has 10 heteroatoms. The zero-order chi connectivity index (χ0) is 24.6. The first-order chi connectivity index (χ1) is 14.8. The molecule has 0 aliphatic heterocycles. The van der Waals surface area contributed by atoms with Gasteiger partial charge in [0.1, 0.15) is 5.60 Å². The zero-order valence-corrected chi connectivity index (χ0v) is 20.3. The number of aliphatic hydroxyl groups is 1. The highest BCUT2D eigenvalue weighted by atomic mass is 16.6. The summed E-state index contributed by atoms with van der Waals surface area (Å²) in [5.41, 5.74) is 5.25. The summed E-state index contributed by atoms with van der Waals surface area (Å²) in [6.07, 6.45) is -0.144. The lowest BCUT2D eigenvalue weighted by molar-refractivity contribution is -0.151. The van der Waals surface area contributed by atoms with E-state index in [0.29, 0.717) is 0 Å². The number of hydrogen-bond acceptors (Lipinski definition) is 7. The van der Waals surface area contributed by atoms with Crippen molar-refractivity contribution in [3.05, 3.63) is 0 Å². The molecule has 184 valence electrons. The van der Waals surface area contributed by atoms with Gasteiger partial charge in [-0.3, -0.25) is 14.9 Å². The van der Waals surface area contributed by atoms with Gasteiger partial charge in [-0.25, -0.2) is 9.79 Å². The molecule has 1 aliphatic carbocycles. The van der Waals surface area contributed by atoms with E-state index >= 15 is 0 Å². The molecule has 0 bridgehead atoms. The molecule has 0 radical (unpaired) electrons. The molecule has 2 amide bonds. The lowest BCUT2D eigenvalue weighted by Gasteiger charge is -2.35. The largest absolute Gasteiger partial charge is 0.466 e. The number of carbonyl (C=O) groups is 3. The van der Waals surface area contributed by atoms with Gasteiger partial charge >= 0.3 is 12.1 Å². The van der Waals surface area contributed by atoms with Crippen molar-refractivity contribution in [2.45, 2.75) is 91.5 Å². The van der Waals surface area contributed by atoms with Crippen LogP contribution in [0.1, 0.15) is 67.7 Å². The quantitative estimate of drug-likeness (QED) is 0.246. The molecule has 0 saturated heterocycles. The molecule has 10 nitrogen and oxygen atoms in total. The molecule has 1 fully saturated rings. The maximum absolute atomic E-state index is 12.5. The number of nitrogens with two attached hydrogens (primary N) is 1. The minimum atomic E-state index is -1.09. The van der Waals surface area contributed by atoms with Gasteiger partial charge in [0, 0.05) is 18.9 Å². The Morgan fingerprint density at radius 3 is 2.25 bits per heavy atom. The Balaban J connectivity index is 3.27. The van der Waals surface area contributed by atoms with E-state index in [-0.39, 0.29) is 30.8 Å². The minimum absolute atomic E-state index is 0.0530. The zero-order valence-electron chi connectivity index (χ0n) is 20.3. The van der Waals surface area contributed by atoms with Gasteiger partial charge in [0.2, 0.25) is 5.91 Å². The fourth-order valence-corrected chi connectivity index (χ4v) is 4.31. The van der Waals surface area contributed by atoms with Crippen molar-refractivity contribution in [3.63, 3.8) is 0 Å². The summed E-state index contributed by atoms with van der Waals surface area (Å²) in [5, 5.41) is 16.4. The third kappa shape index (κ3) is 7.96. The lowest BCUT2D eigenvalue weighted by atomic mass is 9.80. The second-order valence-corrected chi connectivity index (χ2v) is 9.17. The summed E-state index contributed by atoms with van der Waals surface area (Å²) in [6, 6.07) is -1.05. The normalized spacial score (nSPS) is 24.7. The number of hydrogen-bond donors (Lipinski definition) is 4. The Morgan fingerprint density at radius 1 is 1.19 bits per heavy atom. The first kappa shape index (κ1) is 27.7. The molecule has 1 rings (SSSR count). The van der Waals surface area contributed by atoms with Crippen LogP contribution in [0.25, 0.3) is 0 Å². The standard InChI is InChI=1S/C22H40N4O6/c1-8-13(9-2)17(24-12(4)27)16-15(11-14(18(16)28)19(29)31-10-3)25-20(23)26-21(30)32-22(5,6)7/h13-18,28H,8-11H2,1-7H3,(H,24,27)(H3,23,25,26,30)/t14-,15+,16+,17?,18+/m0/s1. The van der Waals surface area contributed by atoms with Gasteiger partial charge in [-0.15, -0.1) is 0 Å². The van der Waals surface area contributed by atoms with Crippen LogP contribution in [-0.4, -0.2) is 59.4 Å². The van der Waals surface area contributed by atoms with E-state index in [1.165, 1.54) is 6.92 Å². The first-order valence-electron chi connectivity index (χ1n) is 11.3. The number of esters is 1. The lowest BCUT2D eigenvalue weighted by Crippen LogP contribution is -2.51. The van der Waals surface area contributed by atoms with Crippen LogP contribution in [0.4, 0.5) is 4.79 Å². The third-order valence-corrected chi connectivity index (χ3v) is 5.61. The van der Waals surface area contributed by atoms with Crippen LogP contribution in [0.15, 0.2) is 4.99 Å². The summed E-state index contributed by atoms with van der Waals surface area (Å²) in [4.78, 5) is 40.9. The number of ether oxygens (including phenoxy) is 2. The predicted octanol–water partition coefficient (Wildman–Crippen LogP) is 1.70. The third-order valence-electron chi connectivity index (χ3n) is 5.61. The van der Waals surface area contributed by atoms with Crippen LogP contribution in [0.5, 0.6) is 0 Å². The molecule has 0 aromatic rings. The molecule has 5 atom stereocenters. The van der Waals surface area contributed by atoms with E-state index in [1.54, 1.807) is 27.7 Å². The maximum Gasteiger partial charge on any atom is 0.414 e. The molecular formula is C22H40N4O6. The van der Waals surface area contributed by atoms with Crippen molar-refractivity contribution in [2.75, 3.05) is 6.61 Å². The van der Waals surface area contributed by atoms with E-state index in [4.69, 9.17) is 15.2 Å². The number of rotatable bonds is 8. The van der Waals surface area contributed by atoms with Crippen molar-refractivity contribution in [2.24, 2.45) is 28.5 Å². The van der Waals surface area contributed by atoms with E-state index < -0.39 is 47.7 Å². The van der Waals surface area contributed by atoms with E-state index in [1.807, 2.05) is 13.8 Å². The Labute approximate surface area is 190 Å². The Morgan fingerprint density at radius 2 is 1.78 bits per heavy atom. The van der Waals surface area contributed by atoms with E-state index in [9.17, 15) is 19.5 Å². The van der Waals surface area contributed by atoms with Crippen LogP contribution < -0.4 is 16.4 Å². The highest BCUT2D eigenvalue weighted by molar-refractivity contribution is 5.93. The second-order valence-electron chi connectivity index (χ2n) is 9.17. The smallest absolute Gasteiger partial charge is 0.414 e. The SMILES string of the molecule is CCOC(=O)[C@H]1C[C@@H](N=C(N)NC(=O)OC(C)(C)C)[C@H](C(NC(C)=O)C(CC)CC)[C@@H]1O. The Hall–Kier alpha value is -2.36. The topological polar surface area (TPSA) is 152 Å². The summed E-state index contributed by atoms with van der Waals surface area (Å²) in [5.74, 6) is -2.29. The Kier molecular flexibility index (Phi) is 10.4. The molecule has 1 aliphatic rings. The van der Waals surface area contributed by atoms with Gasteiger partial charge in [0.05, 0.1) is 24.7 Å². The number of guanidine groups is 1. The van der Waals surface area contributed by atoms with Crippen LogP contribution in [0.3, 0.4) is 0 Å². The molecule has 1 saturated carbocycles. The van der Waals surface area contributed by atoms with Gasteiger partial charge in [0.15, 0.2) is 5.96 Å². The molecule has 0 spiro atoms. The maximum atomic E-state index is 12.5. The van der Waals surface area contributed by atoms with Crippen molar-refractivity contribution in [1.29, 1.82) is 0 Å². The highest BCUT2D eigenvalue weighted by Crippen LogP contribution is 2.40. The molecule has 0 aromatic heterocycles. The number of nitrogens with one attached hydrogen (secondary N) is 2. The van der Waals surface area contributed by atoms with Gasteiger partial charge in [0.25, 0.3) is 0 Å². The predicted molar refractivity (Wildman–Crippen MR) is 121 cm³/mol. The fourth-order valence-electron chi connectivity index (χ4n) is 4.31. The van der Waals surface area contributed by atoms with Crippen molar-refractivity contribution >= 4 is 23.9 Å². The van der Waals surface area contributed by atoms with Crippen molar-refractivity contribution in [1.82, 2.24) is 10.6 Å². The van der Waals surface area contributed by atoms with Crippen LogP contribution in [-0.2, 0) is 19.1 Å². The van der Waals surface area contributed by atoms with Gasteiger partial charge < -0.3 is 25.6 Å². The van der Waals surface area contributed by atoms with Crippen molar-refractivity contribution in [3.8, 4) is 0 Å². The second kappa shape index (κ2) is 12.0. The molecular weight excluding hydrogens is 416 g/mol. The van der Waals surface area contributed by atoms with Crippen LogP contribution in [0, 0.1) is 17.8 Å². The first-order valence-corrected chi connectivity index (χ1v) is 11.3. The minimum Gasteiger partial charge on any atom is -0.466 e. The van der Waals surface area contributed by atoms with Crippen LogP contribution in [0.2, 0.25) is 0 Å². The van der Waals surface area contributed by atoms with E-state index in [0.717, 1.165) is 12.8 Å². The Bertz CT molecular complexity index is 686. The molecule has 32 heavy (non-hydrogen) atoms. The summed E-state index contributed by atoms with van der Waals surface area (Å²) < 4.78 is 10.3. The fraction of sp³-hybridized carbons (Fsp3) is 0.818. The van der Waals surface area contributed by atoms with Gasteiger partial charge in [-0.2, -0.15) is 0 Å². The average molecular weight is 457 g/mol. The highest BCUT2D eigenvalue weighted by Gasteiger charge is 2.51. The van der Waals surface area contributed by atoms with Gasteiger partial charge in [-0.1, -0.05) is 26.7 Å². The van der Waals surface area contributed by atoms with E-state index in [2.05, 4.69) is 15.6 Å². The van der Waals surface area contributed by atoms with Gasteiger partial charge in [-0.05, 0) is 40.0 Å². The number of aliphatic hydroxyl groups excluding tert-OH is 1. The molecule has 5 N–H and O–H groups in total. The number of aliphatic imine (C=N–C) groups is 1. The number of nitrogens with zero attached hydrogens (tertiary/aromatic N) is 1. The van der Waals surface area contributed by atoms with Crippen molar-refractivity contribution < 1.29 is 29.0 Å². The summed E-state index contributed by atoms with van der Waals surface area (Å²) in [6.45, 7) is 12.5. The number of carbonyl (C=O) groups excluding carboxylic acids is 3. The average Bonchev–Trinajstić information content (AvgIpc) is 2.95. The molecule has 0 aromatic carbocycles. The summed E-state index contributed by atoms with van der Waals surface area (Å²) >= 11 is 0. The molecule has 0 heterocycles. The number of amides is 2.